The Morgan fingerprint density at radius 1 is 1.17 bits per heavy atom. The molecule has 4 rings (SSSR count). The molecule has 0 amide bonds. The second-order valence-electron chi connectivity index (χ2n) is 7.19. The molecule has 6 nitrogen and oxygen atoms in total. The predicted molar refractivity (Wildman–Crippen MR) is 121 cm³/mol. The number of benzene rings is 1. The highest BCUT2D eigenvalue weighted by Gasteiger charge is 2.18. The van der Waals surface area contributed by atoms with Gasteiger partial charge in [-0.25, -0.2) is 4.98 Å². The van der Waals surface area contributed by atoms with Crippen molar-refractivity contribution in [2.75, 3.05) is 6.61 Å². The number of rotatable bonds is 6. The van der Waals surface area contributed by atoms with E-state index in [9.17, 15) is 9.59 Å². The maximum atomic E-state index is 13.5. The molecule has 0 saturated carbocycles. The Morgan fingerprint density at radius 3 is 2.63 bits per heavy atom. The van der Waals surface area contributed by atoms with Crippen LogP contribution in [0.25, 0.3) is 21.6 Å². The number of hydrogen-bond acceptors (Lipinski definition) is 5. The summed E-state index contributed by atoms with van der Waals surface area (Å²) >= 11 is 1.53. The second kappa shape index (κ2) is 8.28. The molecule has 0 atom stereocenters. The van der Waals surface area contributed by atoms with Crippen LogP contribution in [-0.2, 0) is 6.54 Å². The number of nitrogens with zero attached hydrogens (tertiary/aromatic N) is 2. The minimum Gasteiger partial charge on any atom is -0.488 e. The number of ether oxygens (including phenoxy) is 1. The summed E-state index contributed by atoms with van der Waals surface area (Å²) in [5.41, 5.74) is 2.12. The number of thiophene rings is 1. The van der Waals surface area contributed by atoms with E-state index in [0.29, 0.717) is 23.5 Å². The Morgan fingerprint density at radius 2 is 1.93 bits per heavy atom. The average Bonchev–Trinajstić information content (AvgIpc) is 3.03. The van der Waals surface area contributed by atoms with Gasteiger partial charge in [-0.15, -0.1) is 11.3 Å². The van der Waals surface area contributed by atoms with Crippen molar-refractivity contribution in [2.24, 2.45) is 0 Å². The normalized spacial score (nSPS) is 11.2. The summed E-state index contributed by atoms with van der Waals surface area (Å²) in [7, 11) is 0. The third-order valence-electron chi connectivity index (χ3n) is 5.05. The first-order valence-corrected chi connectivity index (χ1v) is 10.7. The number of hydrogen-bond donors (Lipinski definition) is 1. The molecule has 4 aromatic rings. The van der Waals surface area contributed by atoms with Gasteiger partial charge in [0.15, 0.2) is 5.75 Å². The molecule has 0 aliphatic carbocycles. The van der Waals surface area contributed by atoms with E-state index in [1.165, 1.54) is 17.4 Å². The van der Waals surface area contributed by atoms with Gasteiger partial charge >= 0.3 is 0 Å². The molecule has 7 heteroatoms. The Bertz CT molecular complexity index is 1320. The Balaban J connectivity index is 1.86. The molecule has 0 fully saturated rings. The summed E-state index contributed by atoms with van der Waals surface area (Å²) in [5, 5.41) is 0.641. The summed E-state index contributed by atoms with van der Waals surface area (Å²) in [5.74, 6) is 0.871. The molecule has 0 bridgehead atoms. The maximum Gasteiger partial charge on any atom is 0.263 e. The third kappa shape index (κ3) is 3.68. The largest absolute Gasteiger partial charge is 0.488 e. The van der Waals surface area contributed by atoms with Gasteiger partial charge in [0, 0.05) is 28.4 Å². The summed E-state index contributed by atoms with van der Waals surface area (Å²) < 4.78 is 7.09. The quantitative estimate of drug-likeness (QED) is 0.504. The average molecular weight is 422 g/mol. The maximum absolute atomic E-state index is 13.5. The molecule has 3 aromatic heterocycles. The minimum absolute atomic E-state index is 0.104. The molecular formula is C23H23N3O3S. The summed E-state index contributed by atoms with van der Waals surface area (Å²) in [4.78, 5) is 35.6. The monoisotopic (exact) mass is 421 g/mol. The first-order chi connectivity index (χ1) is 14.5. The Kier molecular flexibility index (Phi) is 5.55. The van der Waals surface area contributed by atoms with Crippen molar-refractivity contribution >= 4 is 21.6 Å². The number of aryl methyl sites for hydroxylation is 2. The molecule has 0 radical (unpaired) electrons. The van der Waals surface area contributed by atoms with Gasteiger partial charge in [-0.2, -0.15) is 0 Å². The molecule has 1 aromatic carbocycles. The van der Waals surface area contributed by atoms with Crippen molar-refractivity contribution in [3.05, 3.63) is 79.3 Å². The topological polar surface area (TPSA) is 77.0 Å². The van der Waals surface area contributed by atoms with E-state index in [4.69, 9.17) is 9.72 Å². The lowest BCUT2D eigenvalue weighted by Gasteiger charge is -2.13. The molecular weight excluding hydrogens is 398 g/mol. The molecule has 0 unspecified atom stereocenters. The third-order valence-corrected chi connectivity index (χ3v) is 6.15. The lowest BCUT2D eigenvalue weighted by Crippen LogP contribution is -2.25. The van der Waals surface area contributed by atoms with Gasteiger partial charge in [0.1, 0.15) is 10.7 Å². The van der Waals surface area contributed by atoms with Crippen molar-refractivity contribution < 1.29 is 4.74 Å². The number of aromatic nitrogens is 3. The fraction of sp³-hybridized carbons (Fsp3) is 0.261. The lowest BCUT2D eigenvalue weighted by atomic mass is 10.1. The number of H-pyrrole nitrogens is 1. The highest BCUT2D eigenvalue weighted by atomic mass is 32.1. The molecule has 0 spiro atoms. The summed E-state index contributed by atoms with van der Waals surface area (Å²) in [6.45, 7) is 6.63. The summed E-state index contributed by atoms with van der Waals surface area (Å²) in [6, 6.07) is 11.1. The number of pyridine rings is 1. The van der Waals surface area contributed by atoms with E-state index in [1.54, 1.807) is 10.8 Å². The Labute approximate surface area is 177 Å². The van der Waals surface area contributed by atoms with Crippen molar-refractivity contribution in [2.45, 2.75) is 33.7 Å². The lowest BCUT2D eigenvalue weighted by molar-refractivity contribution is 0.313. The van der Waals surface area contributed by atoms with Crippen molar-refractivity contribution in [1.29, 1.82) is 0 Å². The van der Waals surface area contributed by atoms with E-state index in [-0.39, 0.29) is 23.3 Å². The number of aromatic amines is 1. The van der Waals surface area contributed by atoms with Gasteiger partial charge in [0.05, 0.1) is 18.5 Å². The molecule has 30 heavy (non-hydrogen) atoms. The zero-order valence-electron chi connectivity index (χ0n) is 17.2. The van der Waals surface area contributed by atoms with Crippen LogP contribution in [0.2, 0.25) is 0 Å². The van der Waals surface area contributed by atoms with Crippen LogP contribution < -0.4 is 15.7 Å². The van der Waals surface area contributed by atoms with E-state index in [2.05, 4.69) is 4.98 Å². The van der Waals surface area contributed by atoms with Gasteiger partial charge in [0.25, 0.3) is 5.56 Å². The van der Waals surface area contributed by atoms with Gasteiger partial charge in [-0.05, 0) is 25.8 Å². The van der Waals surface area contributed by atoms with Crippen molar-refractivity contribution in [3.8, 4) is 17.1 Å². The van der Waals surface area contributed by atoms with Gasteiger partial charge < -0.3 is 9.72 Å². The fourth-order valence-electron chi connectivity index (χ4n) is 3.37. The van der Waals surface area contributed by atoms with E-state index in [0.717, 1.165) is 27.3 Å². The zero-order valence-corrected chi connectivity index (χ0v) is 18.0. The molecule has 0 saturated heterocycles. The van der Waals surface area contributed by atoms with Crippen LogP contribution in [0.1, 0.15) is 29.5 Å². The van der Waals surface area contributed by atoms with Crippen molar-refractivity contribution in [1.82, 2.24) is 14.5 Å². The standard InChI is InChI=1S/C23H23N3O3S/c1-4-10-29-19-12-24-17(11-18(19)27)13-26-21(16-8-6-5-7-9-16)25-22-20(23(26)28)14(2)15(3)30-22/h5-9,11-12H,4,10,13H2,1-3H3,(H,24,27). The molecule has 0 aliphatic heterocycles. The number of nitrogens with one attached hydrogen (secondary N) is 1. The van der Waals surface area contributed by atoms with Crippen LogP contribution in [0.4, 0.5) is 0 Å². The van der Waals surface area contributed by atoms with E-state index >= 15 is 0 Å². The highest BCUT2D eigenvalue weighted by molar-refractivity contribution is 7.18. The van der Waals surface area contributed by atoms with Crippen LogP contribution in [-0.4, -0.2) is 21.1 Å². The minimum atomic E-state index is -0.205. The van der Waals surface area contributed by atoms with Crippen LogP contribution in [0.15, 0.2) is 52.2 Å². The first-order valence-electron chi connectivity index (χ1n) is 9.90. The molecule has 1 N–H and O–H groups in total. The van der Waals surface area contributed by atoms with Crippen LogP contribution in [0.5, 0.6) is 5.75 Å². The SMILES string of the molecule is CCCOc1c[nH]c(Cn2c(-c3ccccc3)nc3sc(C)c(C)c3c2=O)cc1=O. The zero-order chi connectivity index (χ0) is 21.3. The van der Waals surface area contributed by atoms with Gasteiger partial charge in [-0.3, -0.25) is 14.2 Å². The molecule has 154 valence electrons. The molecule has 3 heterocycles. The smallest absolute Gasteiger partial charge is 0.263 e. The number of fused-ring (bicyclic) bond motifs is 1. The Hall–Kier alpha value is -3.19. The van der Waals surface area contributed by atoms with Crippen LogP contribution in [0, 0.1) is 13.8 Å². The predicted octanol–water partition coefficient (Wildman–Crippen LogP) is 4.27. The van der Waals surface area contributed by atoms with Crippen molar-refractivity contribution in [3.63, 3.8) is 0 Å². The molecule has 0 aliphatic rings. The van der Waals surface area contributed by atoms with Gasteiger partial charge in [0.2, 0.25) is 5.43 Å². The summed E-state index contributed by atoms with van der Waals surface area (Å²) in [6.07, 6.45) is 2.38. The van der Waals surface area contributed by atoms with Crippen LogP contribution in [0.3, 0.4) is 0 Å². The highest BCUT2D eigenvalue weighted by Crippen LogP contribution is 2.28. The van der Waals surface area contributed by atoms with E-state index < -0.39 is 0 Å². The first kappa shape index (κ1) is 20.1. The second-order valence-corrected chi connectivity index (χ2v) is 8.39. The van der Waals surface area contributed by atoms with Gasteiger partial charge in [-0.1, -0.05) is 37.3 Å². The fourth-order valence-corrected chi connectivity index (χ4v) is 4.39. The van der Waals surface area contributed by atoms with Crippen LogP contribution >= 0.6 is 11.3 Å². The van der Waals surface area contributed by atoms with E-state index in [1.807, 2.05) is 51.1 Å².